The number of aromatic carboxylic acids is 1. The Hall–Kier alpha value is -1.35. The molecule has 0 spiro atoms. The summed E-state index contributed by atoms with van der Waals surface area (Å²) in [6, 6.07) is 7.57. The van der Waals surface area contributed by atoms with Gasteiger partial charge in [-0.05, 0) is 37.1 Å². The molecule has 0 aliphatic carbocycles. The monoisotopic (exact) mass is 205 g/mol. The van der Waals surface area contributed by atoms with Crippen LogP contribution in [0.3, 0.4) is 0 Å². The van der Waals surface area contributed by atoms with Gasteiger partial charge in [-0.1, -0.05) is 18.6 Å². The van der Waals surface area contributed by atoms with Gasteiger partial charge in [0.05, 0.1) is 5.56 Å². The van der Waals surface area contributed by atoms with Crippen molar-refractivity contribution >= 4 is 5.97 Å². The van der Waals surface area contributed by atoms with E-state index in [1.165, 1.54) is 18.4 Å². The minimum absolute atomic E-state index is 0.356. The van der Waals surface area contributed by atoms with Gasteiger partial charge < -0.3 is 10.4 Å². The molecule has 0 aromatic heterocycles. The average Bonchev–Trinajstić information content (AvgIpc) is 2.30. The smallest absolute Gasteiger partial charge is 0.335 e. The van der Waals surface area contributed by atoms with Crippen LogP contribution in [0.15, 0.2) is 24.3 Å². The molecule has 1 aliphatic heterocycles. The average molecular weight is 205 g/mol. The molecule has 3 heteroatoms. The zero-order chi connectivity index (χ0) is 10.7. The molecular weight excluding hydrogens is 190 g/mol. The van der Waals surface area contributed by atoms with Crippen molar-refractivity contribution in [2.75, 3.05) is 6.54 Å². The van der Waals surface area contributed by atoms with Crippen molar-refractivity contribution in [3.63, 3.8) is 0 Å². The van der Waals surface area contributed by atoms with Gasteiger partial charge in [0.1, 0.15) is 0 Å². The molecule has 1 unspecified atom stereocenters. The molecule has 15 heavy (non-hydrogen) atoms. The highest BCUT2D eigenvalue weighted by atomic mass is 16.4. The van der Waals surface area contributed by atoms with Crippen LogP contribution in [0, 0.1) is 0 Å². The largest absolute Gasteiger partial charge is 0.478 e. The molecule has 3 nitrogen and oxygen atoms in total. The molecule has 80 valence electrons. The van der Waals surface area contributed by atoms with Gasteiger partial charge in [0, 0.05) is 6.04 Å². The van der Waals surface area contributed by atoms with Crippen LogP contribution in [-0.4, -0.2) is 17.6 Å². The summed E-state index contributed by atoms with van der Waals surface area (Å²) in [5.41, 5.74) is 1.55. The Labute approximate surface area is 89.1 Å². The molecular formula is C12H15NO2. The number of nitrogens with one attached hydrogen (secondary N) is 1. The summed E-state index contributed by atoms with van der Waals surface area (Å²) in [7, 11) is 0. The maximum atomic E-state index is 10.7. The normalized spacial score (nSPS) is 21.2. The highest BCUT2D eigenvalue weighted by Gasteiger charge is 2.14. The first-order valence-corrected chi connectivity index (χ1v) is 5.34. The highest BCUT2D eigenvalue weighted by Crippen LogP contribution is 2.22. The molecule has 1 aromatic carbocycles. The number of benzene rings is 1. The second-order valence-corrected chi connectivity index (χ2v) is 3.93. The lowest BCUT2D eigenvalue weighted by atomic mass is 9.97. The zero-order valence-corrected chi connectivity index (χ0v) is 8.57. The molecule has 0 saturated carbocycles. The molecule has 0 radical (unpaired) electrons. The number of rotatable bonds is 2. The lowest BCUT2D eigenvalue weighted by Gasteiger charge is -2.23. The maximum Gasteiger partial charge on any atom is 0.335 e. The van der Waals surface area contributed by atoms with Crippen molar-refractivity contribution in [3.05, 3.63) is 35.4 Å². The third kappa shape index (κ3) is 2.36. The number of carboxylic acids is 1. The van der Waals surface area contributed by atoms with E-state index in [2.05, 4.69) is 5.32 Å². The number of hydrogen-bond acceptors (Lipinski definition) is 2. The van der Waals surface area contributed by atoms with Crippen molar-refractivity contribution in [3.8, 4) is 0 Å². The molecule has 0 bridgehead atoms. The number of piperidine rings is 1. The molecule has 1 heterocycles. The number of carboxylic acid groups (broad SMARTS) is 1. The van der Waals surface area contributed by atoms with Crippen LogP contribution < -0.4 is 5.32 Å². The van der Waals surface area contributed by atoms with Crippen molar-refractivity contribution in [2.45, 2.75) is 25.3 Å². The van der Waals surface area contributed by atoms with Gasteiger partial charge in [-0.2, -0.15) is 0 Å². The summed E-state index contributed by atoms with van der Waals surface area (Å²) in [4.78, 5) is 10.7. The first kappa shape index (κ1) is 10.2. The van der Waals surface area contributed by atoms with Gasteiger partial charge in [0.15, 0.2) is 0 Å². The van der Waals surface area contributed by atoms with Gasteiger partial charge >= 0.3 is 5.97 Å². The van der Waals surface area contributed by atoms with Crippen molar-refractivity contribution in [2.24, 2.45) is 0 Å². The lowest BCUT2D eigenvalue weighted by Crippen LogP contribution is -2.26. The van der Waals surface area contributed by atoms with Crippen LogP contribution in [0.4, 0.5) is 0 Å². The van der Waals surface area contributed by atoms with E-state index >= 15 is 0 Å². The first-order chi connectivity index (χ1) is 7.27. The number of hydrogen-bond donors (Lipinski definition) is 2. The third-order valence-electron chi connectivity index (χ3n) is 2.87. The van der Waals surface area contributed by atoms with Crippen LogP contribution in [0.2, 0.25) is 0 Å². The minimum atomic E-state index is -0.863. The van der Waals surface area contributed by atoms with Crippen molar-refractivity contribution < 1.29 is 9.90 Å². The highest BCUT2D eigenvalue weighted by molar-refractivity contribution is 5.87. The summed E-state index contributed by atoms with van der Waals surface area (Å²) in [6.45, 7) is 1.06. The summed E-state index contributed by atoms with van der Waals surface area (Å²) >= 11 is 0. The van der Waals surface area contributed by atoms with Crippen LogP contribution in [-0.2, 0) is 0 Å². The lowest BCUT2D eigenvalue weighted by molar-refractivity contribution is 0.0697. The summed E-state index contributed by atoms with van der Waals surface area (Å²) in [5, 5.41) is 12.2. The summed E-state index contributed by atoms with van der Waals surface area (Å²) in [5.74, 6) is -0.863. The fourth-order valence-corrected chi connectivity index (χ4v) is 1.99. The topological polar surface area (TPSA) is 49.3 Å². The Morgan fingerprint density at radius 3 is 2.53 bits per heavy atom. The van der Waals surface area contributed by atoms with Crippen LogP contribution in [0.25, 0.3) is 0 Å². The van der Waals surface area contributed by atoms with E-state index in [0.717, 1.165) is 13.0 Å². The van der Waals surface area contributed by atoms with Crippen LogP contribution in [0.5, 0.6) is 0 Å². The van der Waals surface area contributed by atoms with Gasteiger partial charge in [-0.15, -0.1) is 0 Å². The molecule has 1 fully saturated rings. The van der Waals surface area contributed by atoms with E-state index in [1.54, 1.807) is 12.1 Å². The Kier molecular flexibility index (Phi) is 3.02. The molecule has 1 atom stereocenters. The van der Waals surface area contributed by atoms with E-state index in [-0.39, 0.29) is 0 Å². The molecule has 0 amide bonds. The molecule has 1 aliphatic rings. The minimum Gasteiger partial charge on any atom is -0.478 e. The second-order valence-electron chi connectivity index (χ2n) is 3.93. The number of carbonyl (C=O) groups is 1. The Bertz CT molecular complexity index is 339. The standard InChI is InChI=1S/C12H15NO2/c14-12(15)10-6-4-9(5-7-10)11-3-1-2-8-13-11/h4-7,11,13H,1-3,8H2,(H,14,15). The fourth-order valence-electron chi connectivity index (χ4n) is 1.99. The molecule has 1 saturated heterocycles. The Balaban J connectivity index is 2.11. The zero-order valence-electron chi connectivity index (χ0n) is 8.57. The first-order valence-electron chi connectivity index (χ1n) is 5.34. The van der Waals surface area contributed by atoms with E-state index in [1.807, 2.05) is 12.1 Å². The molecule has 2 N–H and O–H groups in total. The predicted octanol–water partition coefficient (Wildman–Crippen LogP) is 2.20. The fraction of sp³-hybridized carbons (Fsp3) is 0.417. The SMILES string of the molecule is O=C(O)c1ccc(C2CCCCN2)cc1. The summed E-state index contributed by atoms with van der Waals surface area (Å²) < 4.78 is 0. The molecule has 1 aromatic rings. The van der Waals surface area contributed by atoms with Crippen LogP contribution >= 0.6 is 0 Å². The van der Waals surface area contributed by atoms with Gasteiger partial charge in [0.2, 0.25) is 0 Å². The van der Waals surface area contributed by atoms with Gasteiger partial charge in [0.25, 0.3) is 0 Å². The third-order valence-corrected chi connectivity index (χ3v) is 2.87. The van der Waals surface area contributed by atoms with Gasteiger partial charge in [-0.25, -0.2) is 4.79 Å². The van der Waals surface area contributed by atoms with Crippen LogP contribution in [0.1, 0.15) is 41.2 Å². The second kappa shape index (κ2) is 4.45. The summed E-state index contributed by atoms with van der Waals surface area (Å²) in [6.07, 6.45) is 3.63. The Morgan fingerprint density at radius 1 is 1.27 bits per heavy atom. The quantitative estimate of drug-likeness (QED) is 0.778. The molecule has 2 rings (SSSR count). The maximum absolute atomic E-state index is 10.7. The van der Waals surface area contributed by atoms with Crippen molar-refractivity contribution in [1.29, 1.82) is 0 Å². The van der Waals surface area contributed by atoms with Gasteiger partial charge in [-0.3, -0.25) is 0 Å². The van der Waals surface area contributed by atoms with E-state index in [4.69, 9.17) is 5.11 Å². The Morgan fingerprint density at radius 2 is 2.00 bits per heavy atom. The van der Waals surface area contributed by atoms with E-state index in [9.17, 15) is 4.79 Å². The van der Waals surface area contributed by atoms with E-state index < -0.39 is 5.97 Å². The van der Waals surface area contributed by atoms with Crippen molar-refractivity contribution in [1.82, 2.24) is 5.32 Å². The van der Waals surface area contributed by atoms with E-state index in [0.29, 0.717) is 11.6 Å². The predicted molar refractivity (Wildman–Crippen MR) is 58.0 cm³/mol.